The molecule has 13 heavy (non-hydrogen) atoms. The topological polar surface area (TPSA) is 49.7 Å². The zero-order chi connectivity index (χ0) is 10.7. The Kier molecular flexibility index (Phi) is 12.2. The molecule has 1 aromatic rings. The van der Waals surface area contributed by atoms with Crippen LogP contribution in [0.2, 0.25) is 0 Å². The molecule has 0 spiro atoms. The molecule has 3 nitrogen and oxygen atoms in total. The van der Waals surface area contributed by atoms with Crippen molar-refractivity contribution in [2.24, 2.45) is 0 Å². The Balaban J connectivity index is 0. The van der Waals surface area contributed by atoms with Gasteiger partial charge in [0.05, 0.1) is 7.11 Å². The normalized spacial score (nSPS) is 7.23. The summed E-state index contributed by atoms with van der Waals surface area (Å²) in [5.41, 5.74) is 1.23. The van der Waals surface area contributed by atoms with Crippen LogP contribution in [-0.4, -0.2) is 31.5 Å². The lowest BCUT2D eigenvalue weighted by Crippen LogP contribution is -1.81. The van der Waals surface area contributed by atoms with Gasteiger partial charge in [0.25, 0.3) is 0 Å². The van der Waals surface area contributed by atoms with E-state index in [1.165, 1.54) is 5.56 Å². The molecule has 0 radical (unpaired) electrons. The summed E-state index contributed by atoms with van der Waals surface area (Å²) in [4.78, 5) is 0. The fraction of sp³-hybridized carbons (Fsp3) is 0.400. The lowest BCUT2D eigenvalue weighted by atomic mass is 10.2. The van der Waals surface area contributed by atoms with Crippen molar-refractivity contribution in [3.8, 4) is 5.75 Å². The third-order valence-corrected chi connectivity index (χ3v) is 1.23. The molecular weight excluding hydrogens is 168 g/mol. The van der Waals surface area contributed by atoms with E-state index in [1.54, 1.807) is 7.11 Å². The van der Waals surface area contributed by atoms with Gasteiger partial charge in [0.15, 0.2) is 0 Å². The largest absolute Gasteiger partial charge is 0.497 e. The van der Waals surface area contributed by atoms with E-state index in [-0.39, 0.29) is 0 Å². The number of methoxy groups -OCH3 is 1. The highest BCUT2D eigenvalue weighted by Gasteiger charge is 1.86. The Morgan fingerprint density at radius 2 is 1.62 bits per heavy atom. The van der Waals surface area contributed by atoms with Crippen LogP contribution in [-0.2, 0) is 0 Å². The van der Waals surface area contributed by atoms with Crippen molar-refractivity contribution in [1.29, 1.82) is 0 Å². The molecule has 2 N–H and O–H groups in total. The Morgan fingerprint density at radius 1 is 1.08 bits per heavy atom. The van der Waals surface area contributed by atoms with Crippen LogP contribution in [0.3, 0.4) is 0 Å². The zero-order valence-corrected chi connectivity index (χ0v) is 8.61. The number of hydrogen-bond acceptors (Lipinski definition) is 3. The smallest absolute Gasteiger partial charge is 0.119 e. The summed E-state index contributed by atoms with van der Waals surface area (Å²) < 4.78 is 5.00. The number of benzene rings is 1. The maximum Gasteiger partial charge on any atom is 0.119 e. The second-order valence-electron chi connectivity index (χ2n) is 2.02. The Bertz CT molecular complexity index is 199. The molecule has 0 fully saturated rings. The number of hydrogen-bond donors (Lipinski definition) is 2. The number of ether oxygens (including phenoxy) is 1. The second kappa shape index (κ2) is 10.9. The quantitative estimate of drug-likeness (QED) is 0.693. The maximum atomic E-state index is 7.00. The molecule has 1 rings (SSSR count). The van der Waals surface area contributed by atoms with Gasteiger partial charge in [-0.2, -0.15) is 0 Å². The second-order valence-corrected chi connectivity index (χ2v) is 2.02. The van der Waals surface area contributed by atoms with E-state index in [1.807, 2.05) is 31.2 Å². The number of aliphatic hydroxyl groups excluding tert-OH is 2. The molecule has 0 aliphatic carbocycles. The molecule has 0 aromatic heterocycles. The highest BCUT2D eigenvalue weighted by atomic mass is 16.5. The van der Waals surface area contributed by atoms with E-state index in [9.17, 15) is 0 Å². The van der Waals surface area contributed by atoms with Gasteiger partial charge in [-0.3, -0.25) is 0 Å². The van der Waals surface area contributed by atoms with Gasteiger partial charge in [-0.15, -0.1) is 0 Å². The first-order valence-corrected chi connectivity index (χ1v) is 3.83. The van der Waals surface area contributed by atoms with Crippen molar-refractivity contribution in [2.45, 2.75) is 6.92 Å². The number of aliphatic hydroxyl groups is 2. The summed E-state index contributed by atoms with van der Waals surface area (Å²) in [6.45, 7) is 2.04. The van der Waals surface area contributed by atoms with Crippen LogP contribution in [0.15, 0.2) is 24.3 Å². The van der Waals surface area contributed by atoms with Gasteiger partial charge in [-0.05, 0) is 24.6 Å². The molecule has 0 bridgehead atoms. The van der Waals surface area contributed by atoms with E-state index >= 15 is 0 Å². The van der Waals surface area contributed by atoms with Gasteiger partial charge in [0.2, 0.25) is 0 Å². The van der Waals surface area contributed by atoms with Gasteiger partial charge in [-0.1, -0.05) is 12.1 Å². The Hall–Kier alpha value is -1.06. The molecule has 0 aliphatic rings. The van der Waals surface area contributed by atoms with Crippen molar-refractivity contribution in [3.63, 3.8) is 0 Å². The minimum atomic E-state index is 0.926. The van der Waals surface area contributed by atoms with E-state index in [2.05, 4.69) is 0 Å². The molecule has 0 unspecified atom stereocenters. The molecule has 0 aliphatic heterocycles. The van der Waals surface area contributed by atoms with E-state index in [4.69, 9.17) is 14.9 Å². The predicted molar refractivity (Wildman–Crippen MR) is 54.0 cm³/mol. The van der Waals surface area contributed by atoms with Gasteiger partial charge < -0.3 is 14.9 Å². The standard InChI is InChI=1S/C8H10O.2CH4O/c1-7-4-3-5-8(6-7)9-2;2*1-2/h3-6H,1-2H3;2*2H,1H3. The first-order valence-electron chi connectivity index (χ1n) is 3.83. The van der Waals surface area contributed by atoms with Gasteiger partial charge in [0, 0.05) is 14.2 Å². The first-order chi connectivity index (χ1) is 6.33. The minimum Gasteiger partial charge on any atom is -0.497 e. The molecule has 0 saturated heterocycles. The van der Waals surface area contributed by atoms with E-state index in [0.717, 1.165) is 20.0 Å². The van der Waals surface area contributed by atoms with Crippen LogP contribution in [0.25, 0.3) is 0 Å². The average molecular weight is 186 g/mol. The van der Waals surface area contributed by atoms with Crippen LogP contribution in [0.5, 0.6) is 5.75 Å². The third kappa shape index (κ3) is 7.31. The molecule has 0 heterocycles. The molecule has 76 valence electrons. The molecule has 3 heteroatoms. The van der Waals surface area contributed by atoms with Crippen LogP contribution < -0.4 is 4.74 Å². The highest BCUT2D eigenvalue weighted by Crippen LogP contribution is 2.10. The van der Waals surface area contributed by atoms with Gasteiger partial charge in [0.1, 0.15) is 5.75 Å². The molecule has 1 aromatic carbocycles. The summed E-state index contributed by atoms with van der Waals surface area (Å²) in [6, 6.07) is 7.96. The van der Waals surface area contributed by atoms with Crippen LogP contribution in [0.4, 0.5) is 0 Å². The predicted octanol–water partition coefficient (Wildman–Crippen LogP) is 1.22. The highest BCUT2D eigenvalue weighted by molar-refractivity contribution is 5.27. The lowest BCUT2D eigenvalue weighted by molar-refractivity contribution is 0.399. The van der Waals surface area contributed by atoms with Crippen LogP contribution in [0.1, 0.15) is 5.56 Å². The van der Waals surface area contributed by atoms with E-state index < -0.39 is 0 Å². The van der Waals surface area contributed by atoms with Gasteiger partial charge >= 0.3 is 0 Å². The van der Waals surface area contributed by atoms with Crippen molar-refractivity contribution in [1.82, 2.24) is 0 Å². The fourth-order valence-electron chi connectivity index (χ4n) is 0.742. The molecule has 0 amide bonds. The van der Waals surface area contributed by atoms with Crippen molar-refractivity contribution >= 4 is 0 Å². The summed E-state index contributed by atoms with van der Waals surface area (Å²) in [6.07, 6.45) is 0. The monoisotopic (exact) mass is 186 g/mol. The van der Waals surface area contributed by atoms with Crippen molar-refractivity contribution < 1.29 is 14.9 Å². The van der Waals surface area contributed by atoms with Crippen LogP contribution >= 0.6 is 0 Å². The molecule has 0 saturated carbocycles. The summed E-state index contributed by atoms with van der Waals surface area (Å²) in [5.74, 6) is 0.926. The first kappa shape index (κ1) is 14.5. The minimum absolute atomic E-state index is 0.926. The average Bonchev–Trinajstić information content (AvgIpc) is 2.24. The van der Waals surface area contributed by atoms with Gasteiger partial charge in [-0.25, -0.2) is 0 Å². The van der Waals surface area contributed by atoms with Crippen molar-refractivity contribution in [3.05, 3.63) is 29.8 Å². The van der Waals surface area contributed by atoms with Crippen molar-refractivity contribution in [2.75, 3.05) is 21.3 Å². The summed E-state index contributed by atoms with van der Waals surface area (Å²) >= 11 is 0. The van der Waals surface area contributed by atoms with E-state index in [0.29, 0.717) is 0 Å². The summed E-state index contributed by atoms with van der Waals surface area (Å²) in [5, 5.41) is 14.0. The number of rotatable bonds is 1. The Morgan fingerprint density at radius 3 is 1.92 bits per heavy atom. The molecule has 0 atom stereocenters. The Labute approximate surface area is 79.6 Å². The maximum absolute atomic E-state index is 7.00. The third-order valence-electron chi connectivity index (χ3n) is 1.23. The SMILES string of the molecule is CO.CO.COc1cccc(C)c1. The van der Waals surface area contributed by atoms with Crippen LogP contribution in [0, 0.1) is 6.92 Å². The zero-order valence-electron chi connectivity index (χ0n) is 8.61. The number of aryl methyl sites for hydroxylation is 1. The summed E-state index contributed by atoms with van der Waals surface area (Å²) in [7, 11) is 3.68. The molecular formula is C10H18O3. The lowest BCUT2D eigenvalue weighted by Gasteiger charge is -1.97. The fourth-order valence-corrected chi connectivity index (χ4v) is 0.742.